The summed E-state index contributed by atoms with van der Waals surface area (Å²) in [5.74, 6) is -0.313. The van der Waals surface area contributed by atoms with Gasteiger partial charge in [-0.1, -0.05) is 35.1 Å². The number of hydrogen-bond acceptors (Lipinski definition) is 4. The van der Waals surface area contributed by atoms with Gasteiger partial charge in [0, 0.05) is 22.6 Å². The average Bonchev–Trinajstić information content (AvgIpc) is 2.77. The zero-order valence-electron chi connectivity index (χ0n) is 11.4. The maximum atomic E-state index is 11.8. The Labute approximate surface area is 130 Å². The second kappa shape index (κ2) is 6.89. The van der Waals surface area contributed by atoms with Crippen LogP contribution in [0.4, 0.5) is 0 Å². The smallest absolute Gasteiger partial charge is 0.307 e. The Morgan fingerprint density at radius 1 is 1.43 bits per heavy atom. The van der Waals surface area contributed by atoms with Gasteiger partial charge in [0.05, 0.1) is 6.10 Å². The number of thiazole rings is 1. The van der Waals surface area contributed by atoms with Crippen molar-refractivity contribution in [3.05, 3.63) is 55.6 Å². The highest BCUT2D eigenvalue weighted by atomic mass is 35.5. The molecule has 2 aromatic rings. The molecule has 21 heavy (non-hydrogen) atoms. The number of amides is 1. The van der Waals surface area contributed by atoms with Crippen LogP contribution in [0, 0.1) is 6.92 Å². The van der Waals surface area contributed by atoms with Crippen molar-refractivity contribution >= 4 is 28.8 Å². The van der Waals surface area contributed by atoms with Crippen molar-refractivity contribution in [1.82, 2.24) is 9.88 Å². The molecule has 7 heteroatoms. The van der Waals surface area contributed by atoms with Crippen molar-refractivity contribution in [3.8, 4) is 0 Å². The van der Waals surface area contributed by atoms with Crippen molar-refractivity contribution in [2.45, 2.75) is 19.6 Å². The number of aromatic nitrogens is 1. The third-order valence-electron chi connectivity index (χ3n) is 3.03. The summed E-state index contributed by atoms with van der Waals surface area (Å²) in [6, 6.07) is 6.76. The summed E-state index contributed by atoms with van der Waals surface area (Å²) in [4.78, 5) is 23.1. The molecule has 2 rings (SSSR count). The van der Waals surface area contributed by atoms with Gasteiger partial charge in [-0.25, -0.2) is 0 Å². The van der Waals surface area contributed by atoms with Gasteiger partial charge in [-0.3, -0.25) is 14.2 Å². The number of rotatable bonds is 5. The van der Waals surface area contributed by atoms with Crippen LogP contribution in [-0.4, -0.2) is 22.1 Å². The monoisotopic (exact) mass is 326 g/mol. The predicted molar refractivity (Wildman–Crippen MR) is 82.7 cm³/mol. The maximum Gasteiger partial charge on any atom is 0.307 e. The van der Waals surface area contributed by atoms with Gasteiger partial charge < -0.3 is 10.4 Å². The molecule has 1 unspecified atom stereocenters. The lowest BCUT2D eigenvalue weighted by molar-refractivity contribution is -0.122. The van der Waals surface area contributed by atoms with Crippen LogP contribution in [0.2, 0.25) is 5.02 Å². The summed E-state index contributed by atoms with van der Waals surface area (Å²) >= 11 is 6.83. The fourth-order valence-corrected chi connectivity index (χ4v) is 2.67. The van der Waals surface area contributed by atoms with Crippen molar-refractivity contribution in [1.29, 1.82) is 0 Å². The second-order valence-corrected chi connectivity index (χ2v) is 5.86. The normalized spacial score (nSPS) is 12.1. The Balaban J connectivity index is 1.89. The summed E-state index contributed by atoms with van der Waals surface area (Å²) in [5, 5.41) is 14.9. The van der Waals surface area contributed by atoms with Gasteiger partial charge in [0.25, 0.3) is 0 Å². The second-order valence-electron chi connectivity index (χ2n) is 4.60. The number of hydrogen-bond donors (Lipinski definition) is 2. The van der Waals surface area contributed by atoms with Crippen molar-refractivity contribution in [2.75, 3.05) is 6.54 Å². The molecule has 0 fully saturated rings. The fourth-order valence-electron chi connectivity index (χ4n) is 1.81. The van der Waals surface area contributed by atoms with Crippen molar-refractivity contribution < 1.29 is 9.90 Å². The van der Waals surface area contributed by atoms with E-state index in [1.165, 1.54) is 4.57 Å². The summed E-state index contributed by atoms with van der Waals surface area (Å²) in [6.07, 6.45) is -0.813. The topological polar surface area (TPSA) is 71.3 Å². The summed E-state index contributed by atoms with van der Waals surface area (Å²) in [7, 11) is 0. The highest BCUT2D eigenvalue weighted by Gasteiger charge is 2.11. The molecule has 0 aliphatic rings. The third kappa shape index (κ3) is 4.17. The molecule has 0 aliphatic heterocycles. The van der Waals surface area contributed by atoms with E-state index in [-0.39, 0.29) is 23.9 Å². The average molecular weight is 327 g/mol. The largest absolute Gasteiger partial charge is 0.387 e. The van der Waals surface area contributed by atoms with E-state index >= 15 is 0 Å². The molecular formula is C14H15ClN2O3S. The molecule has 0 bridgehead atoms. The van der Waals surface area contributed by atoms with Gasteiger partial charge in [-0.2, -0.15) is 0 Å². The lowest BCUT2D eigenvalue weighted by Crippen LogP contribution is -2.33. The molecule has 2 N–H and O–H groups in total. The number of nitrogens with zero attached hydrogens (tertiary/aromatic N) is 1. The Bertz CT molecular complexity index is 678. The standard InChI is InChI=1S/C14H15ClN2O3S/c1-9-8-21-14(20)17(9)7-13(19)16-6-12(18)10-2-4-11(15)5-3-10/h2-5,8,12,18H,6-7H2,1H3,(H,16,19). The van der Waals surface area contributed by atoms with Crippen LogP contribution in [0.15, 0.2) is 34.4 Å². The van der Waals surface area contributed by atoms with Gasteiger partial charge in [0.2, 0.25) is 5.91 Å². The fraction of sp³-hybridized carbons (Fsp3) is 0.286. The lowest BCUT2D eigenvalue weighted by Gasteiger charge is -2.12. The van der Waals surface area contributed by atoms with E-state index in [0.717, 1.165) is 17.0 Å². The molecule has 0 saturated heterocycles. The van der Waals surface area contributed by atoms with Gasteiger partial charge >= 0.3 is 4.87 Å². The molecule has 0 radical (unpaired) electrons. The SMILES string of the molecule is Cc1csc(=O)n1CC(=O)NCC(O)c1ccc(Cl)cc1. The van der Waals surface area contributed by atoms with Gasteiger partial charge in [-0.15, -0.1) is 0 Å². The number of carbonyl (C=O) groups is 1. The molecule has 1 amide bonds. The highest BCUT2D eigenvalue weighted by molar-refractivity contribution is 7.07. The van der Waals surface area contributed by atoms with Crippen LogP contribution < -0.4 is 10.2 Å². The first-order valence-corrected chi connectivity index (χ1v) is 7.58. The number of aryl methyl sites for hydroxylation is 1. The lowest BCUT2D eigenvalue weighted by atomic mass is 10.1. The van der Waals surface area contributed by atoms with Crippen LogP contribution >= 0.6 is 22.9 Å². The van der Waals surface area contributed by atoms with Crippen LogP contribution in [-0.2, 0) is 11.3 Å². The minimum absolute atomic E-state index is 0.0402. The highest BCUT2D eigenvalue weighted by Crippen LogP contribution is 2.15. The molecule has 0 aliphatic carbocycles. The minimum Gasteiger partial charge on any atom is -0.387 e. The number of benzene rings is 1. The Morgan fingerprint density at radius 2 is 2.10 bits per heavy atom. The van der Waals surface area contributed by atoms with Crippen molar-refractivity contribution in [2.24, 2.45) is 0 Å². The van der Waals surface area contributed by atoms with Crippen LogP contribution in [0.3, 0.4) is 0 Å². The third-order valence-corrected chi connectivity index (χ3v) is 4.16. The van der Waals surface area contributed by atoms with E-state index in [1.807, 2.05) is 0 Å². The zero-order valence-corrected chi connectivity index (χ0v) is 12.9. The number of nitrogens with one attached hydrogen (secondary N) is 1. The molecule has 1 atom stereocenters. The Kier molecular flexibility index (Phi) is 5.17. The summed E-state index contributed by atoms with van der Waals surface area (Å²) < 4.78 is 1.40. The first-order valence-electron chi connectivity index (χ1n) is 6.32. The van der Waals surface area contributed by atoms with Crippen LogP contribution in [0.1, 0.15) is 17.4 Å². The Hall–Kier alpha value is -1.63. The minimum atomic E-state index is -0.813. The zero-order chi connectivity index (χ0) is 15.4. The van der Waals surface area contributed by atoms with E-state index in [9.17, 15) is 14.7 Å². The summed E-state index contributed by atoms with van der Waals surface area (Å²) in [6.45, 7) is 1.81. The molecule has 0 spiro atoms. The van der Waals surface area contributed by atoms with E-state index in [2.05, 4.69) is 5.32 Å². The number of halogens is 1. The van der Waals surface area contributed by atoms with Gasteiger partial charge in [0.15, 0.2) is 0 Å². The number of aliphatic hydroxyl groups is 1. The van der Waals surface area contributed by atoms with E-state index in [1.54, 1.807) is 36.6 Å². The molecule has 0 saturated carbocycles. The molecule has 1 heterocycles. The van der Waals surface area contributed by atoms with Gasteiger partial charge in [0.1, 0.15) is 6.54 Å². The summed E-state index contributed by atoms with van der Waals surface area (Å²) in [5.41, 5.74) is 1.42. The molecule has 1 aromatic carbocycles. The first kappa shape index (κ1) is 15.8. The quantitative estimate of drug-likeness (QED) is 0.879. The van der Waals surface area contributed by atoms with Gasteiger partial charge in [-0.05, 0) is 24.6 Å². The van der Waals surface area contributed by atoms with Crippen molar-refractivity contribution in [3.63, 3.8) is 0 Å². The van der Waals surface area contributed by atoms with E-state index < -0.39 is 6.10 Å². The Morgan fingerprint density at radius 3 is 2.67 bits per heavy atom. The first-order chi connectivity index (χ1) is 9.97. The number of aliphatic hydroxyl groups excluding tert-OH is 1. The van der Waals surface area contributed by atoms with Crippen LogP contribution in [0.5, 0.6) is 0 Å². The molecule has 1 aromatic heterocycles. The van der Waals surface area contributed by atoms with E-state index in [4.69, 9.17) is 11.6 Å². The molecular weight excluding hydrogens is 312 g/mol. The molecule has 5 nitrogen and oxygen atoms in total. The maximum absolute atomic E-state index is 11.8. The predicted octanol–water partition coefficient (Wildman–Crippen LogP) is 1.72. The molecule has 112 valence electrons. The van der Waals surface area contributed by atoms with Crippen LogP contribution in [0.25, 0.3) is 0 Å². The number of carbonyl (C=O) groups excluding carboxylic acids is 1. The van der Waals surface area contributed by atoms with E-state index in [0.29, 0.717) is 10.6 Å².